The number of carbonyl (C=O) groups is 2. The molecule has 0 heterocycles. The highest BCUT2D eigenvalue weighted by atomic mass is 19.4. The Balaban J connectivity index is 3.95. The number of nitrogens with one attached hydrogen (secondary N) is 2. The van der Waals surface area contributed by atoms with Gasteiger partial charge < -0.3 is 15.7 Å². The van der Waals surface area contributed by atoms with Crippen LogP contribution in [0, 0.1) is 0 Å². The van der Waals surface area contributed by atoms with Gasteiger partial charge in [-0.3, -0.25) is 4.79 Å². The summed E-state index contributed by atoms with van der Waals surface area (Å²) in [5.41, 5.74) is 0. The zero-order chi connectivity index (χ0) is 13.5. The lowest BCUT2D eigenvalue weighted by molar-refractivity contribution is -0.142. The molecule has 0 spiro atoms. The number of rotatable bonds is 7. The molecular weight excluding hydrogens is 241 g/mol. The minimum absolute atomic E-state index is 0.236. The zero-order valence-corrected chi connectivity index (χ0v) is 9.30. The van der Waals surface area contributed by atoms with Crippen molar-refractivity contribution in [2.45, 2.75) is 32.0 Å². The fraction of sp³-hybridized carbons (Fsp3) is 0.778. The van der Waals surface area contributed by atoms with E-state index in [1.165, 1.54) is 0 Å². The van der Waals surface area contributed by atoms with Crippen molar-refractivity contribution >= 4 is 11.9 Å². The Morgan fingerprint density at radius 3 is 2.35 bits per heavy atom. The second-order valence-corrected chi connectivity index (χ2v) is 3.47. The highest BCUT2D eigenvalue weighted by Crippen LogP contribution is 2.11. The lowest BCUT2D eigenvalue weighted by Crippen LogP contribution is -2.45. The number of carboxylic acids is 1. The molecule has 0 bridgehead atoms. The Kier molecular flexibility index (Phi) is 6.55. The number of aliphatic carboxylic acids is 1. The molecule has 0 fully saturated rings. The number of amides is 1. The van der Waals surface area contributed by atoms with Crippen molar-refractivity contribution in [3.05, 3.63) is 0 Å². The summed E-state index contributed by atoms with van der Waals surface area (Å²) in [5, 5.41) is 12.7. The summed E-state index contributed by atoms with van der Waals surface area (Å²) < 4.78 is 35.2. The highest BCUT2D eigenvalue weighted by Gasteiger charge is 2.27. The van der Waals surface area contributed by atoms with E-state index in [1.807, 2.05) is 5.32 Å². The lowest BCUT2D eigenvalue weighted by Gasteiger charge is -2.14. The molecule has 1 unspecified atom stereocenters. The third-order valence-corrected chi connectivity index (χ3v) is 1.82. The van der Waals surface area contributed by atoms with Gasteiger partial charge >= 0.3 is 12.1 Å². The molecule has 0 aromatic heterocycles. The molecule has 0 saturated heterocycles. The molecule has 0 aromatic rings. The molecule has 5 nitrogen and oxygen atoms in total. The molecule has 0 rings (SSSR count). The van der Waals surface area contributed by atoms with Gasteiger partial charge in [0.05, 0.1) is 13.1 Å². The molecule has 0 aliphatic heterocycles. The minimum atomic E-state index is -4.39. The van der Waals surface area contributed by atoms with E-state index < -0.39 is 37.2 Å². The van der Waals surface area contributed by atoms with Crippen molar-refractivity contribution in [1.29, 1.82) is 0 Å². The maximum Gasteiger partial charge on any atom is 0.401 e. The molecule has 100 valence electrons. The van der Waals surface area contributed by atoms with Gasteiger partial charge in [0, 0.05) is 0 Å². The van der Waals surface area contributed by atoms with Crippen molar-refractivity contribution < 1.29 is 27.9 Å². The van der Waals surface area contributed by atoms with E-state index in [0.717, 1.165) is 0 Å². The van der Waals surface area contributed by atoms with Crippen LogP contribution in [0.25, 0.3) is 0 Å². The predicted molar refractivity (Wildman–Crippen MR) is 53.4 cm³/mol. The first-order valence-electron chi connectivity index (χ1n) is 5.06. The van der Waals surface area contributed by atoms with Crippen LogP contribution in [-0.2, 0) is 9.59 Å². The molecule has 1 amide bonds. The first-order chi connectivity index (χ1) is 7.76. The summed E-state index contributed by atoms with van der Waals surface area (Å²) in [7, 11) is 0. The van der Waals surface area contributed by atoms with E-state index in [4.69, 9.17) is 5.11 Å². The Labute approximate surface area is 96.4 Å². The summed E-state index contributed by atoms with van der Waals surface area (Å²) in [6.07, 6.45) is -3.61. The van der Waals surface area contributed by atoms with E-state index in [1.54, 1.807) is 6.92 Å². The summed E-state index contributed by atoms with van der Waals surface area (Å²) >= 11 is 0. The van der Waals surface area contributed by atoms with E-state index in [2.05, 4.69) is 5.32 Å². The number of alkyl halides is 3. The first kappa shape index (κ1) is 15.7. The molecule has 0 aliphatic carbocycles. The zero-order valence-electron chi connectivity index (χ0n) is 9.30. The topological polar surface area (TPSA) is 78.4 Å². The van der Waals surface area contributed by atoms with Gasteiger partial charge in [-0.2, -0.15) is 13.2 Å². The van der Waals surface area contributed by atoms with Crippen molar-refractivity contribution in [3.8, 4) is 0 Å². The average Bonchev–Trinajstić information content (AvgIpc) is 2.14. The molecule has 0 radical (unpaired) electrons. The minimum Gasteiger partial charge on any atom is -0.480 e. The van der Waals surface area contributed by atoms with Crippen molar-refractivity contribution in [3.63, 3.8) is 0 Å². The van der Waals surface area contributed by atoms with E-state index in [0.29, 0.717) is 6.42 Å². The number of halogens is 3. The second kappa shape index (κ2) is 7.10. The molecule has 1 atom stereocenters. The van der Waals surface area contributed by atoms with E-state index >= 15 is 0 Å². The van der Waals surface area contributed by atoms with Gasteiger partial charge in [-0.05, 0) is 6.42 Å². The molecular formula is C9H15F3N2O3. The van der Waals surface area contributed by atoms with Crippen LogP contribution in [0.4, 0.5) is 13.2 Å². The van der Waals surface area contributed by atoms with Gasteiger partial charge in [0.2, 0.25) is 5.91 Å². The van der Waals surface area contributed by atoms with Crippen LogP contribution in [0.1, 0.15) is 19.8 Å². The van der Waals surface area contributed by atoms with Crippen LogP contribution in [0.5, 0.6) is 0 Å². The summed E-state index contributed by atoms with van der Waals surface area (Å²) in [6.45, 7) is -0.108. The van der Waals surface area contributed by atoms with Crippen molar-refractivity contribution in [2.24, 2.45) is 0 Å². The van der Waals surface area contributed by atoms with E-state index in [9.17, 15) is 22.8 Å². The van der Waals surface area contributed by atoms with Gasteiger partial charge in [0.15, 0.2) is 0 Å². The molecule has 0 aromatic carbocycles. The van der Waals surface area contributed by atoms with Crippen LogP contribution in [0.2, 0.25) is 0 Å². The van der Waals surface area contributed by atoms with Crippen LogP contribution in [0.15, 0.2) is 0 Å². The summed E-state index contributed by atoms with van der Waals surface area (Å²) in [6, 6.07) is -1.06. The van der Waals surface area contributed by atoms with Gasteiger partial charge in [-0.25, -0.2) is 4.79 Å². The quantitative estimate of drug-likeness (QED) is 0.620. The Morgan fingerprint density at radius 1 is 1.35 bits per heavy atom. The largest absolute Gasteiger partial charge is 0.480 e. The van der Waals surface area contributed by atoms with Crippen molar-refractivity contribution in [1.82, 2.24) is 10.6 Å². The molecule has 0 saturated carbocycles. The fourth-order valence-electron chi connectivity index (χ4n) is 1.11. The van der Waals surface area contributed by atoms with Crippen LogP contribution >= 0.6 is 0 Å². The van der Waals surface area contributed by atoms with Crippen LogP contribution < -0.4 is 10.6 Å². The van der Waals surface area contributed by atoms with Crippen molar-refractivity contribution in [2.75, 3.05) is 13.1 Å². The normalized spacial score (nSPS) is 13.2. The Morgan fingerprint density at radius 2 is 1.94 bits per heavy atom. The number of hydrogen-bond donors (Lipinski definition) is 3. The average molecular weight is 256 g/mol. The standard InChI is InChI=1S/C9H15F3N2O3/c1-2-3-6(8(16)17)14-7(15)4-13-5-9(10,11)12/h6,13H,2-5H2,1H3,(H,14,15)(H,16,17). The number of carbonyl (C=O) groups excluding carboxylic acids is 1. The molecule has 0 aliphatic rings. The smallest absolute Gasteiger partial charge is 0.401 e. The first-order valence-corrected chi connectivity index (χ1v) is 5.06. The Hall–Kier alpha value is -1.31. The third kappa shape index (κ3) is 8.49. The van der Waals surface area contributed by atoms with Gasteiger partial charge in [-0.1, -0.05) is 13.3 Å². The second-order valence-electron chi connectivity index (χ2n) is 3.47. The SMILES string of the molecule is CCCC(NC(=O)CNCC(F)(F)F)C(=O)O. The third-order valence-electron chi connectivity index (χ3n) is 1.82. The molecule has 8 heteroatoms. The van der Waals surface area contributed by atoms with Gasteiger partial charge in [-0.15, -0.1) is 0 Å². The predicted octanol–water partition coefficient (Wildman–Crippen LogP) is 0.508. The Bertz CT molecular complexity index is 269. The number of carboxylic acid groups (broad SMARTS) is 1. The molecule has 3 N–H and O–H groups in total. The van der Waals surface area contributed by atoms with Crippen LogP contribution in [0.3, 0.4) is 0 Å². The number of hydrogen-bond acceptors (Lipinski definition) is 3. The summed E-state index contributed by atoms with van der Waals surface area (Å²) in [4.78, 5) is 21.8. The highest BCUT2D eigenvalue weighted by molar-refractivity contribution is 5.84. The van der Waals surface area contributed by atoms with Crippen LogP contribution in [-0.4, -0.2) is 42.3 Å². The maximum absolute atomic E-state index is 11.7. The van der Waals surface area contributed by atoms with Gasteiger partial charge in [0.25, 0.3) is 0 Å². The lowest BCUT2D eigenvalue weighted by atomic mass is 10.1. The maximum atomic E-state index is 11.7. The fourth-order valence-corrected chi connectivity index (χ4v) is 1.11. The molecule has 17 heavy (non-hydrogen) atoms. The summed E-state index contributed by atoms with van der Waals surface area (Å²) in [5.74, 6) is -1.97. The van der Waals surface area contributed by atoms with E-state index in [-0.39, 0.29) is 6.42 Å². The monoisotopic (exact) mass is 256 g/mol. The van der Waals surface area contributed by atoms with Gasteiger partial charge in [0.1, 0.15) is 6.04 Å².